The summed E-state index contributed by atoms with van der Waals surface area (Å²) < 4.78 is 5.60. The molecular formula is C23H22N4O4. The number of hydrogen-bond donors (Lipinski definition) is 0. The van der Waals surface area contributed by atoms with Gasteiger partial charge >= 0.3 is 0 Å². The number of nitro groups is 1. The Balaban J connectivity index is 1.68. The van der Waals surface area contributed by atoms with E-state index < -0.39 is 4.92 Å². The highest BCUT2D eigenvalue weighted by molar-refractivity contribution is 6.02. The first-order valence-electron chi connectivity index (χ1n) is 9.76. The van der Waals surface area contributed by atoms with Crippen molar-refractivity contribution < 1.29 is 14.5 Å². The fraction of sp³-hybridized carbons (Fsp3) is 0.217. The van der Waals surface area contributed by atoms with Crippen molar-refractivity contribution in [3.63, 3.8) is 0 Å². The first-order valence-corrected chi connectivity index (χ1v) is 9.76. The van der Waals surface area contributed by atoms with E-state index >= 15 is 0 Å². The number of rotatable bonds is 7. The van der Waals surface area contributed by atoms with Gasteiger partial charge in [-0.2, -0.15) is 5.26 Å². The summed E-state index contributed by atoms with van der Waals surface area (Å²) in [7, 11) is 0. The molecule has 1 saturated heterocycles. The number of nitro benzene ring substituents is 1. The average Bonchev–Trinajstić information content (AvgIpc) is 2.81. The van der Waals surface area contributed by atoms with E-state index in [1.807, 2.05) is 18.2 Å². The fourth-order valence-electron chi connectivity index (χ4n) is 3.30. The molecule has 2 aromatic carbocycles. The maximum absolute atomic E-state index is 12.9. The highest BCUT2D eigenvalue weighted by atomic mass is 16.6. The Kier molecular flexibility index (Phi) is 7.01. The lowest BCUT2D eigenvalue weighted by atomic mass is 10.1. The lowest BCUT2D eigenvalue weighted by molar-refractivity contribution is -0.384. The first kappa shape index (κ1) is 21.6. The van der Waals surface area contributed by atoms with Crippen molar-refractivity contribution in [2.75, 3.05) is 37.7 Å². The van der Waals surface area contributed by atoms with E-state index in [1.54, 1.807) is 41.3 Å². The molecule has 0 unspecified atom stereocenters. The lowest BCUT2D eigenvalue weighted by Crippen LogP contribution is -2.49. The van der Waals surface area contributed by atoms with Gasteiger partial charge in [0.15, 0.2) is 0 Å². The largest absolute Gasteiger partial charge is 0.489 e. The van der Waals surface area contributed by atoms with Gasteiger partial charge in [0.05, 0.1) is 4.92 Å². The smallest absolute Gasteiger partial charge is 0.269 e. The maximum atomic E-state index is 12.9. The molecule has 0 radical (unpaired) electrons. The SMILES string of the molecule is C=CCOc1ccccc1/C=C(\C#N)C(=O)N1CCN(c2ccc([N+](=O)[O-])cc2)CC1. The van der Waals surface area contributed by atoms with Crippen LogP contribution in [0.15, 0.2) is 66.8 Å². The van der Waals surface area contributed by atoms with Gasteiger partial charge in [0, 0.05) is 49.6 Å². The molecule has 0 spiro atoms. The van der Waals surface area contributed by atoms with Crippen molar-refractivity contribution in [2.24, 2.45) is 0 Å². The van der Waals surface area contributed by atoms with Gasteiger partial charge in [0.1, 0.15) is 24.0 Å². The summed E-state index contributed by atoms with van der Waals surface area (Å²) in [5.74, 6) is 0.246. The standard InChI is InChI=1S/C23H22N4O4/c1-2-15-31-22-6-4-3-5-18(22)16-19(17-24)23(28)26-13-11-25(12-14-26)20-7-9-21(10-8-20)27(29)30/h2-10,16H,1,11-15H2/b19-16+. The number of hydrogen-bond acceptors (Lipinski definition) is 6. The van der Waals surface area contributed by atoms with Crippen molar-refractivity contribution in [3.8, 4) is 11.8 Å². The van der Waals surface area contributed by atoms with Gasteiger partial charge in [-0.25, -0.2) is 0 Å². The van der Waals surface area contributed by atoms with Crippen LogP contribution in [0.4, 0.5) is 11.4 Å². The molecule has 1 fully saturated rings. The normalized spacial score (nSPS) is 14.0. The molecule has 3 rings (SSSR count). The zero-order chi connectivity index (χ0) is 22.2. The minimum Gasteiger partial charge on any atom is -0.489 e. The Hall–Kier alpha value is -4.12. The van der Waals surface area contributed by atoms with E-state index in [0.29, 0.717) is 44.1 Å². The van der Waals surface area contributed by atoms with Gasteiger partial charge in [0.25, 0.3) is 11.6 Å². The molecule has 1 heterocycles. The number of anilines is 1. The van der Waals surface area contributed by atoms with Gasteiger partial charge in [-0.1, -0.05) is 30.9 Å². The first-order chi connectivity index (χ1) is 15.0. The number of amides is 1. The van der Waals surface area contributed by atoms with Crippen LogP contribution in [-0.2, 0) is 4.79 Å². The fourth-order valence-corrected chi connectivity index (χ4v) is 3.30. The van der Waals surface area contributed by atoms with Crippen LogP contribution in [0.1, 0.15) is 5.56 Å². The molecule has 31 heavy (non-hydrogen) atoms. The van der Waals surface area contributed by atoms with Crippen molar-refractivity contribution in [1.29, 1.82) is 5.26 Å². The van der Waals surface area contributed by atoms with Crippen LogP contribution in [0.5, 0.6) is 5.75 Å². The number of piperazine rings is 1. The summed E-state index contributed by atoms with van der Waals surface area (Å²) >= 11 is 0. The minimum atomic E-state index is -0.434. The van der Waals surface area contributed by atoms with Crippen LogP contribution in [0.2, 0.25) is 0 Å². The summed E-state index contributed by atoms with van der Waals surface area (Å²) in [6.45, 7) is 5.99. The molecule has 1 amide bonds. The van der Waals surface area contributed by atoms with E-state index in [2.05, 4.69) is 11.5 Å². The minimum absolute atomic E-state index is 0.0402. The molecule has 0 atom stereocenters. The molecule has 1 aliphatic heterocycles. The van der Waals surface area contributed by atoms with E-state index in [1.165, 1.54) is 12.1 Å². The summed E-state index contributed by atoms with van der Waals surface area (Å²) in [6.07, 6.45) is 3.17. The quantitative estimate of drug-likeness (QED) is 0.225. The van der Waals surface area contributed by atoms with E-state index in [4.69, 9.17) is 4.74 Å². The maximum Gasteiger partial charge on any atom is 0.269 e. The van der Waals surface area contributed by atoms with Gasteiger partial charge in [-0.05, 0) is 24.3 Å². The Bertz CT molecular complexity index is 1030. The van der Waals surface area contributed by atoms with Crippen molar-refractivity contribution in [3.05, 3.63) is 82.4 Å². The summed E-state index contributed by atoms with van der Waals surface area (Å²) in [4.78, 5) is 27.0. The van der Waals surface area contributed by atoms with Crippen LogP contribution in [0.25, 0.3) is 6.08 Å². The number of non-ortho nitro benzene ring substituents is 1. The van der Waals surface area contributed by atoms with Crippen molar-refractivity contribution >= 4 is 23.4 Å². The second-order valence-corrected chi connectivity index (χ2v) is 6.86. The molecule has 0 aromatic heterocycles. The molecule has 0 bridgehead atoms. The van der Waals surface area contributed by atoms with Crippen LogP contribution < -0.4 is 9.64 Å². The topological polar surface area (TPSA) is 99.7 Å². The number of ether oxygens (including phenoxy) is 1. The predicted octanol–water partition coefficient (Wildman–Crippen LogP) is 3.42. The van der Waals surface area contributed by atoms with E-state index in [-0.39, 0.29) is 17.2 Å². The molecule has 0 saturated carbocycles. The van der Waals surface area contributed by atoms with E-state index in [0.717, 1.165) is 5.69 Å². The summed E-state index contributed by atoms with van der Waals surface area (Å²) in [6, 6.07) is 15.5. The van der Waals surface area contributed by atoms with Crippen LogP contribution in [0.3, 0.4) is 0 Å². The summed E-state index contributed by atoms with van der Waals surface area (Å²) in [5, 5.41) is 20.4. The van der Waals surface area contributed by atoms with Crippen molar-refractivity contribution in [1.82, 2.24) is 4.90 Å². The zero-order valence-electron chi connectivity index (χ0n) is 16.9. The third-order valence-corrected chi connectivity index (χ3v) is 4.92. The molecule has 0 aliphatic carbocycles. The summed E-state index contributed by atoms with van der Waals surface area (Å²) in [5.41, 5.74) is 1.60. The van der Waals surface area contributed by atoms with Crippen LogP contribution in [-0.4, -0.2) is 48.5 Å². The molecule has 1 aliphatic rings. The Labute approximate surface area is 180 Å². The van der Waals surface area contributed by atoms with Crippen LogP contribution in [0, 0.1) is 21.4 Å². The molecule has 2 aromatic rings. The van der Waals surface area contributed by atoms with E-state index in [9.17, 15) is 20.2 Å². The Morgan fingerprint density at radius 2 is 1.84 bits per heavy atom. The van der Waals surface area contributed by atoms with Crippen molar-refractivity contribution in [2.45, 2.75) is 0 Å². The number of nitriles is 1. The number of carbonyl (C=O) groups excluding carboxylic acids is 1. The molecule has 8 heteroatoms. The lowest BCUT2D eigenvalue weighted by Gasteiger charge is -2.36. The van der Waals surface area contributed by atoms with Gasteiger partial charge in [-0.15, -0.1) is 0 Å². The third-order valence-electron chi connectivity index (χ3n) is 4.92. The number of benzene rings is 2. The van der Waals surface area contributed by atoms with Gasteiger partial charge in [-0.3, -0.25) is 14.9 Å². The molecule has 0 N–H and O–H groups in total. The van der Waals surface area contributed by atoms with Crippen LogP contribution >= 0.6 is 0 Å². The third kappa shape index (κ3) is 5.28. The highest BCUT2D eigenvalue weighted by Gasteiger charge is 2.24. The number of carbonyl (C=O) groups is 1. The monoisotopic (exact) mass is 418 g/mol. The number of para-hydroxylation sites is 1. The molecule has 8 nitrogen and oxygen atoms in total. The highest BCUT2D eigenvalue weighted by Crippen LogP contribution is 2.23. The van der Waals surface area contributed by atoms with Gasteiger partial charge < -0.3 is 14.5 Å². The average molecular weight is 418 g/mol. The van der Waals surface area contributed by atoms with Gasteiger partial charge in [0.2, 0.25) is 0 Å². The Morgan fingerprint density at radius 1 is 1.16 bits per heavy atom. The predicted molar refractivity (Wildman–Crippen MR) is 118 cm³/mol. The number of nitrogens with zero attached hydrogens (tertiary/aromatic N) is 4. The second-order valence-electron chi connectivity index (χ2n) is 6.86. The molecular weight excluding hydrogens is 396 g/mol. The molecule has 158 valence electrons. The zero-order valence-corrected chi connectivity index (χ0v) is 16.9. The Morgan fingerprint density at radius 3 is 2.45 bits per heavy atom. The second kappa shape index (κ2) is 10.1.